The second-order valence-electron chi connectivity index (χ2n) is 7.95. The lowest BCUT2D eigenvalue weighted by atomic mass is 10.1. The Labute approximate surface area is 181 Å². The van der Waals surface area contributed by atoms with E-state index in [1.165, 1.54) is 0 Å². The van der Waals surface area contributed by atoms with Crippen molar-refractivity contribution in [1.82, 2.24) is 14.8 Å². The van der Waals surface area contributed by atoms with Gasteiger partial charge in [-0.3, -0.25) is 4.79 Å². The lowest BCUT2D eigenvalue weighted by molar-refractivity contribution is 0.102. The Balaban J connectivity index is 1.59. The van der Waals surface area contributed by atoms with Crippen molar-refractivity contribution in [3.63, 3.8) is 0 Å². The molecule has 2 aromatic carbocycles. The molecule has 4 aromatic rings. The molecule has 31 heavy (non-hydrogen) atoms. The van der Waals surface area contributed by atoms with Gasteiger partial charge >= 0.3 is 0 Å². The van der Waals surface area contributed by atoms with Crippen molar-refractivity contribution in [2.45, 2.75) is 40.3 Å². The van der Waals surface area contributed by atoms with Crippen LogP contribution in [0.25, 0.3) is 11.0 Å². The number of amides is 1. The molecule has 0 spiro atoms. The molecule has 0 saturated heterocycles. The van der Waals surface area contributed by atoms with Gasteiger partial charge in [0, 0.05) is 11.4 Å². The number of aromatic nitrogens is 3. The summed E-state index contributed by atoms with van der Waals surface area (Å²) in [5, 5.41) is 8.24. The number of hydrogen-bond donors (Lipinski definition) is 1. The lowest BCUT2D eigenvalue weighted by Gasteiger charge is -2.14. The van der Waals surface area contributed by atoms with Crippen LogP contribution in [0, 0.1) is 13.8 Å². The number of hydrogen-bond acceptors (Lipinski definition) is 4. The normalized spacial score (nSPS) is 11.1. The summed E-state index contributed by atoms with van der Waals surface area (Å²) in [6.07, 6.45) is 1.75. The number of ether oxygens (including phenoxy) is 1. The standard InChI is InChI=1S/C25H26N4O2/c1-16(2)29-24-20(14-26-29)13-21(18(4)27-24)25(30)28-22-11-10-17(3)12-23(22)31-15-19-8-6-5-7-9-19/h5-14,16H,15H2,1-4H3,(H,28,30). The highest BCUT2D eigenvalue weighted by Gasteiger charge is 2.17. The maximum absolute atomic E-state index is 13.1. The molecule has 1 N–H and O–H groups in total. The Morgan fingerprint density at radius 2 is 1.87 bits per heavy atom. The van der Waals surface area contributed by atoms with Crippen molar-refractivity contribution in [2.24, 2.45) is 0 Å². The number of carbonyl (C=O) groups is 1. The molecule has 158 valence electrons. The van der Waals surface area contributed by atoms with Crippen molar-refractivity contribution in [3.8, 4) is 5.75 Å². The zero-order valence-corrected chi connectivity index (χ0v) is 18.2. The topological polar surface area (TPSA) is 69.0 Å². The van der Waals surface area contributed by atoms with Gasteiger partial charge in [0.15, 0.2) is 5.65 Å². The third-order valence-corrected chi connectivity index (χ3v) is 5.12. The Hall–Kier alpha value is -3.67. The van der Waals surface area contributed by atoms with E-state index in [-0.39, 0.29) is 11.9 Å². The fraction of sp³-hybridized carbons (Fsp3) is 0.240. The van der Waals surface area contributed by atoms with Gasteiger partial charge in [-0.25, -0.2) is 9.67 Å². The number of nitrogens with zero attached hydrogens (tertiary/aromatic N) is 3. The van der Waals surface area contributed by atoms with Crippen LogP contribution in [0.15, 0.2) is 60.8 Å². The first-order valence-corrected chi connectivity index (χ1v) is 10.4. The number of carbonyl (C=O) groups excluding carboxylic acids is 1. The minimum Gasteiger partial charge on any atom is -0.487 e. The minimum atomic E-state index is -0.224. The molecule has 6 nitrogen and oxygen atoms in total. The first-order chi connectivity index (χ1) is 14.9. The summed E-state index contributed by atoms with van der Waals surface area (Å²) in [6, 6.07) is 17.7. The first kappa shape index (κ1) is 20.6. The highest BCUT2D eigenvalue weighted by Crippen LogP contribution is 2.28. The molecule has 0 aliphatic carbocycles. The zero-order chi connectivity index (χ0) is 22.0. The van der Waals surface area contributed by atoms with Crippen molar-refractivity contribution in [2.75, 3.05) is 5.32 Å². The van der Waals surface area contributed by atoms with E-state index in [4.69, 9.17) is 4.74 Å². The molecule has 1 amide bonds. The van der Waals surface area contributed by atoms with Crippen LogP contribution in [0.4, 0.5) is 5.69 Å². The van der Waals surface area contributed by atoms with Crippen LogP contribution in [0.2, 0.25) is 0 Å². The van der Waals surface area contributed by atoms with Crippen molar-refractivity contribution in [3.05, 3.63) is 83.2 Å². The predicted octanol–water partition coefficient (Wildman–Crippen LogP) is 5.46. The highest BCUT2D eigenvalue weighted by atomic mass is 16.5. The second-order valence-corrected chi connectivity index (χ2v) is 7.95. The molecule has 0 bridgehead atoms. The number of fused-ring (bicyclic) bond motifs is 1. The van der Waals surface area contributed by atoms with Gasteiger partial charge in [0.05, 0.1) is 23.1 Å². The quantitative estimate of drug-likeness (QED) is 0.455. The summed E-state index contributed by atoms with van der Waals surface area (Å²) in [6.45, 7) is 8.37. The number of anilines is 1. The predicted molar refractivity (Wildman–Crippen MR) is 123 cm³/mol. The molecule has 0 atom stereocenters. The van der Waals surface area contributed by atoms with E-state index in [9.17, 15) is 4.79 Å². The molecule has 6 heteroatoms. The average molecular weight is 415 g/mol. The molecule has 0 saturated carbocycles. The number of rotatable bonds is 6. The van der Waals surface area contributed by atoms with Crippen LogP contribution in [-0.2, 0) is 6.61 Å². The van der Waals surface area contributed by atoms with Crippen molar-refractivity contribution >= 4 is 22.6 Å². The molecule has 0 aliphatic rings. The fourth-order valence-electron chi connectivity index (χ4n) is 3.45. The van der Waals surface area contributed by atoms with E-state index in [2.05, 4.69) is 29.2 Å². The number of benzene rings is 2. The number of pyridine rings is 1. The molecular weight excluding hydrogens is 388 g/mol. The summed E-state index contributed by atoms with van der Waals surface area (Å²) < 4.78 is 7.89. The molecule has 0 fully saturated rings. The van der Waals surface area contributed by atoms with Crippen molar-refractivity contribution < 1.29 is 9.53 Å². The van der Waals surface area contributed by atoms with E-state index in [0.29, 0.717) is 29.3 Å². The summed E-state index contributed by atoms with van der Waals surface area (Å²) in [7, 11) is 0. The smallest absolute Gasteiger partial charge is 0.257 e. The van der Waals surface area contributed by atoms with Gasteiger partial charge in [-0.05, 0) is 57.0 Å². The Morgan fingerprint density at radius 1 is 1.10 bits per heavy atom. The van der Waals surface area contributed by atoms with E-state index >= 15 is 0 Å². The Morgan fingerprint density at radius 3 is 2.61 bits per heavy atom. The van der Waals surface area contributed by atoms with Crippen molar-refractivity contribution in [1.29, 1.82) is 0 Å². The molecule has 2 heterocycles. The zero-order valence-electron chi connectivity index (χ0n) is 18.2. The molecule has 0 radical (unpaired) electrons. The Bertz CT molecular complexity index is 1230. The van der Waals surface area contributed by atoms with Gasteiger partial charge < -0.3 is 10.1 Å². The molecule has 0 aliphatic heterocycles. The van der Waals surface area contributed by atoms with Gasteiger partial charge in [0.25, 0.3) is 5.91 Å². The summed E-state index contributed by atoms with van der Waals surface area (Å²) in [5.41, 5.74) is 4.71. The maximum atomic E-state index is 13.1. The molecule has 2 aromatic heterocycles. The fourth-order valence-corrected chi connectivity index (χ4v) is 3.45. The van der Waals surface area contributed by atoms with Crippen LogP contribution in [-0.4, -0.2) is 20.7 Å². The maximum Gasteiger partial charge on any atom is 0.257 e. The van der Waals surface area contributed by atoms with Crippen LogP contribution in [0.5, 0.6) is 5.75 Å². The summed E-state index contributed by atoms with van der Waals surface area (Å²) in [5.74, 6) is 0.411. The van der Waals surface area contributed by atoms with E-state index in [1.54, 1.807) is 6.20 Å². The SMILES string of the molecule is Cc1ccc(NC(=O)c2cc3cnn(C(C)C)c3nc2C)c(OCc2ccccc2)c1. The third kappa shape index (κ3) is 4.43. The third-order valence-electron chi connectivity index (χ3n) is 5.12. The monoisotopic (exact) mass is 414 g/mol. The first-order valence-electron chi connectivity index (χ1n) is 10.4. The number of aryl methyl sites for hydroxylation is 2. The van der Waals surface area contributed by atoms with Crippen LogP contribution < -0.4 is 10.1 Å². The molecule has 0 unspecified atom stereocenters. The van der Waals surface area contributed by atoms with Crippen LogP contribution >= 0.6 is 0 Å². The van der Waals surface area contributed by atoms with E-state index in [0.717, 1.165) is 22.2 Å². The summed E-state index contributed by atoms with van der Waals surface area (Å²) in [4.78, 5) is 17.7. The van der Waals surface area contributed by atoms with Crippen LogP contribution in [0.3, 0.4) is 0 Å². The van der Waals surface area contributed by atoms with Gasteiger partial charge in [-0.1, -0.05) is 36.4 Å². The lowest BCUT2D eigenvalue weighted by Crippen LogP contribution is -2.15. The van der Waals surface area contributed by atoms with Gasteiger partial charge in [-0.15, -0.1) is 0 Å². The summed E-state index contributed by atoms with van der Waals surface area (Å²) >= 11 is 0. The average Bonchev–Trinajstić information content (AvgIpc) is 3.17. The Kier molecular flexibility index (Phi) is 5.71. The van der Waals surface area contributed by atoms with Gasteiger partial charge in [-0.2, -0.15) is 5.10 Å². The molecular formula is C25H26N4O2. The van der Waals surface area contributed by atoms with Crippen LogP contribution in [0.1, 0.15) is 47.1 Å². The van der Waals surface area contributed by atoms with Gasteiger partial charge in [0.2, 0.25) is 0 Å². The number of nitrogens with one attached hydrogen (secondary N) is 1. The second kappa shape index (κ2) is 8.60. The highest BCUT2D eigenvalue weighted by molar-refractivity contribution is 6.07. The molecule has 4 rings (SSSR count). The van der Waals surface area contributed by atoms with E-state index < -0.39 is 0 Å². The minimum absolute atomic E-state index is 0.195. The van der Waals surface area contributed by atoms with Gasteiger partial charge in [0.1, 0.15) is 12.4 Å². The largest absolute Gasteiger partial charge is 0.487 e. The van der Waals surface area contributed by atoms with E-state index in [1.807, 2.05) is 73.1 Å².